The van der Waals surface area contributed by atoms with Crippen LogP contribution in [-0.4, -0.2) is 15.7 Å². The van der Waals surface area contributed by atoms with E-state index in [0.717, 1.165) is 24.2 Å². The Morgan fingerprint density at radius 1 is 1.38 bits per heavy atom. The molecule has 90 valence electrons. The summed E-state index contributed by atoms with van der Waals surface area (Å²) in [7, 11) is 0. The third kappa shape index (κ3) is 2.03. The number of aromatic nitrogens is 2. The Labute approximate surface area is 95.8 Å². The van der Waals surface area contributed by atoms with Crippen LogP contribution in [0.3, 0.4) is 0 Å². The zero-order chi connectivity index (χ0) is 12.3. The Hall–Kier alpha value is -1.52. The van der Waals surface area contributed by atoms with Crippen molar-refractivity contribution in [3.8, 4) is 0 Å². The van der Waals surface area contributed by atoms with Gasteiger partial charge in [-0.05, 0) is 19.3 Å². The van der Waals surface area contributed by atoms with Crippen LogP contribution in [0.1, 0.15) is 44.6 Å². The van der Waals surface area contributed by atoms with Crippen LogP contribution in [0, 0.1) is 0 Å². The quantitative estimate of drug-likeness (QED) is 0.783. The topological polar surface area (TPSA) is 86.9 Å². The third-order valence-corrected chi connectivity index (χ3v) is 2.81. The predicted octanol–water partition coefficient (Wildman–Crippen LogP) is 1.03. The summed E-state index contributed by atoms with van der Waals surface area (Å²) in [4.78, 5) is 11.3. The first-order valence-corrected chi connectivity index (χ1v) is 5.71. The van der Waals surface area contributed by atoms with E-state index in [4.69, 9.17) is 11.5 Å². The molecule has 1 aromatic rings. The van der Waals surface area contributed by atoms with E-state index in [0.29, 0.717) is 12.1 Å². The standard InChI is InChI=1S/C11H20N4O/c1-4-7-10(12)8(5-2)15(14-7)9(6-3)11(13)16/h9H,4-6,12H2,1-3H3,(H2,13,16). The molecule has 0 saturated carbocycles. The van der Waals surface area contributed by atoms with E-state index in [1.165, 1.54) is 0 Å². The predicted molar refractivity (Wildman–Crippen MR) is 63.9 cm³/mol. The van der Waals surface area contributed by atoms with Gasteiger partial charge in [0.05, 0.1) is 17.1 Å². The van der Waals surface area contributed by atoms with Gasteiger partial charge in [0, 0.05) is 0 Å². The summed E-state index contributed by atoms with van der Waals surface area (Å²) in [6.45, 7) is 5.91. The van der Waals surface area contributed by atoms with Crippen LogP contribution in [0.4, 0.5) is 5.69 Å². The number of carbonyl (C=O) groups is 1. The highest BCUT2D eigenvalue weighted by atomic mass is 16.1. The molecular formula is C11H20N4O. The Bertz CT molecular complexity index is 384. The molecule has 0 aromatic carbocycles. The van der Waals surface area contributed by atoms with Crippen LogP contribution in [0.25, 0.3) is 0 Å². The van der Waals surface area contributed by atoms with Crippen LogP contribution < -0.4 is 11.5 Å². The Balaban J connectivity index is 3.26. The second kappa shape index (κ2) is 5.01. The monoisotopic (exact) mass is 224 g/mol. The highest BCUT2D eigenvalue weighted by Crippen LogP contribution is 2.23. The summed E-state index contributed by atoms with van der Waals surface area (Å²) in [5, 5.41) is 4.38. The van der Waals surface area contributed by atoms with Crippen molar-refractivity contribution in [2.75, 3.05) is 5.73 Å². The second-order valence-corrected chi connectivity index (χ2v) is 3.79. The van der Waals surface area contributed by atoms with E-state index in [2.05, 4.69) is 5.10 Å². The van der Waals surface area contributed by atoms with Crippen molar-refractivity contribution < 1.29 is 4.79 Å². The van der Waals surface area contributed by atoms with E-state index in [1.54, 1.807) is 4.68 Å². The van der Waals surface area contributed by atoms with Crippen molar-refractivity contribution >= 4 is 11.6 Å². The second-order valence-electron chi connectivity index (χ2n) is 3.79. The van der Waals surface area contributed by atoms with E-state index < -0.39 is 6.04 Å². The molecule has 0 fully saturated rings. The molecule has 1 atom stereocenters. The zero-order valence-corrected chi connectivity index (χ0v) is 10.2. The molecule has 0 aliphatic carbocycles. The number of nitrogen functional groups attached to an aromatic ring is 1. The molecule has 0 aliphatic heterocycles. The number of hydrogen-bond acceptors (Lipinski definition) is 3. The van der Waals surface area contributed by atoms with Crippen LogP contribution in [0.5, 0.6) is 0 Å². The van der Waals surface area contributed by atoms with Crippen molar-refractivity contribution in [1.29, 1.82) is 0 Å². The molecule has 1 unspecified atom stereocenters. The molecule has 5 nitrogen and oxygen atoms in total. The van der Waals surface area contributed by atoms with E-state index in [1.807, 2.05) is 20.8 Å². The molecular weight excluding hydrogens is 204 g/mol. The molecule has 1 aromatic heterocycles. The lowest BCUT2D eigenvalue weighted by atomic mass is 10.2. The first-order chi connectivity index (χ1) is 7.56. The molecule has 4 N–H and O–H groups in total. The number of carbonyl (C=O) groups excluding carboxylic acids is 1. The zero-order valence-electron chi connectivity index (χ0n) is 10.2. The minimum absolute atomic E-state index is 0.359. The van der Waals surface area contributed by atoms with Gasteiger partial charge >= 0.3 is 0 Å². The summed E-state index contributed by atoms with van der Waals surface area (Å²) in [6.07, 6.45) is 2.15. The molecule has 1 amide bonds. The van der Waals surface area contributed by atoms with E-state index in [-0.39, 0.29) is 5.91 Å². The molecule has 0 bridgehead atoms. The van der Waals surface area contributed by atoms with Gasteiger partial charge in [0.2, 0.25) is 5.91 Å². The number of amides is 1. The number of nitrogens with two attached hydrogens (primary N) is 2. The summed E-state index contributed by atoms with van der Waals surface area (Å²) in [6, 6.07) is -0.391. The van der Waals surface area contributed by atoms with Gasteiger partial charge in [0.15, 0.2) is 0 Å². The van der Waals surface area contributed by atoms with Crippen molar-refractivity contribution in [2.45, 2.75) is 46.1 Å². The minimum atomic E-state index is -0.391. The fraction of sp³-hybridized carbons (Fsp3) is 0.636. The smallest absolute Gasteiger partial charge is 0.242 e. The van der Waals surface area contributed by atoms with Gasteiger partial charge in [0.1, 0.15) is 6.04 Å². The molecule has 16 heavy (non-hydrogen) atoms. The highest BCUT2D eigenvalue weighted by Gasteiger charge is 2.22. The number of nitrogens with zero attached hydrogens (tertiary/aromatic N) is 2. The van der Waals surface area contributed by atoms with Gasteiger partial charge in [-0.15, -0.1) is 0 Å². The molecule has 0 spiro atoms. The summed E-state index contributed by atoms with van der Waals surface area (Å²) in [5.74, 6) is -0.359. The molecule has 0 saturated heterocycles. The van der Waals surface area contributed by atoms with Crippen molar-refractivity contribution in [1.82, 2.24) is 9.78 Å². The van der Waals surface area contributed by atoms with Crippen LogP contribution >= 0.6 is 0 Å². The maximum Gasteiger partial charge on any atom is 0.242 e. The van der Waals surface area contributed by atoms with Gasteiger partial charge < -0.3 is 11.5 Å². The first kappa shape index (κ1) is 12.5. The fourth-order valence-corrected chi connectivity index (χ4v) is 1.90. The van der Waals surface area contributed by atoms with Crippen LogP contribution in [0.2, 0.25) is 0 Å². The lowest BCUT2D eigenvalue weighted by molar-refractivity contribution is -0.121. The van der Waals surface area contributed by atoms with Crippen molar-refractivity contribution in [2.24, 2.45) is 5.73 Å². The van der Waals surface area contributed by atoms with Crippen LogP contribution in [-0.2, 0) is 17.6 Å². The van der Waals surface area contributed by atoms with Gasteiger partial charge in [-0.25, -0.2) is 0 Å². The van der Waals surface area contributed by atoms with E-state index in [9.17, 15) is 4.79 Å². The lowest BCUT2D eigenvalue weighted by Gasteiger charge is -2.14. The van der Waals surface area contributed by atoms with Crippen molar-refractivity contribution in [3.63, 3.8) is 0 Å². The third-order valence-electron chi connectivity index (χ3n) is 2.81. The number of rotatable bonds is 5. The van der Waals surface area contributed by atoms with E-state index >= 15 is 0 Å². The molecule has 1 heterocycles. The molecule has 5 heteroatoms. The minimum Gasteiger partial charge on any atom is -0.396 e. The van der Waals surface area contributed by atoms with Gasteiger partial charge in [-0.3, -0.25) is 9.48 Å². The Morgan fingerprint density at radius 3 is 2.38 bits per heavy atom. The van der Waals surface area contributed by atoms with Gasteiger partial charge in [-0.1, -0.05) is 20.8 Å². The molecule has 1 rings (SSSR count). The normalized spacial score (nSPS) is 12.7. The fourth-order valence-electron chi connectivity index (χ4n) is 1.90. The SMILES string of the molecule is CCc1nn(C(CC)C(N)=O)c(CC)c1N. The Morgan fingerprint density at radius 2 is 2.00 bits per heavy atom. The van der Waals surface area contributed by atoms with Crippen LogP contribution in [0.15, 0.2) is 0 Å². The summed E-state index contributed by atoms with van der Waals surface area (Å²) >= 11 is 0. The molecule has 0 aliphatic rings. The maximum absolute atomic E-state index is 11.3. The summed E-state index contributed by atoms with van der Waals surface area (Å²) in [5.41, 5.74) is 13.8. The number of primary amides is 1. The summed E-state index contributed by atoms with van der Waals surface area (Å²) < 4.78 is 1.69. The average Bonchev–Trinajstić information content (AvgIpc) is 2.55. The van der Waals surface area contributed by atoms with Gasteiger partial charge in [-0.2, -0.15) is 5.10 Å². The molecule has 0 radical (unpaired) electrons. The Kier molecular flexibility index (Phi) is 3.93. The lowest BCUT2D eigenvalue weighted by Crippen LogP contribution is -2.28. The first-order valence-electron chi connectivity index (χ1n) is 5.71. The number of aryl methyl sites for hydroxylation is 1. The highest BCUT2D eigenvalue weighted by molar-refractivity contribution is 5.78. The maximum atomic E-state index is 11.3. The number of hydrogen-bond donors (Lipinski definition) is 2. The largest absolute Gasteiger partial charge is 0.396 e. The van der Waals surface area contributed by atoms with Crippen molar-refractivity contribution in [3.05, 3.63) is 11.4 Å². The average molecular weight is 224 g/mol. The van der Waals surface area contributed by atoms with Gasteiger partial charge in [0.25, 0.3) is 0 Å². The number of anilines is 1.